The summed E-state index contributed by atoms with van der Waals surface area (Å²) in [6.07, 6.45) is 0. The predicted molar refractivity (Wildman–Crippen MR) is 114 cm³/mol. The standard InChI is InChI=1S/C18H16BClN2O5S2/c20-14-6-4-12(5-7-14)18(23)21-11-16-8-9-17(28-16)29(26,27)22-15-3-1-2-13(10-15)19(24)25/h1-10,22,24-25H,11H2,(H,21,23). The van der Waals surface area contributed by atoms with Crippen molar-refractivity contribution in [2.24, 2.45) is 0 Å². The highest BCUT2D eigenvalue weighted by Crippen LogP contribution is 2.24. The van der Waals surface area contributed by atoms with Gasteiger partial charge in [-0.15, -0.1) is 11.3 Å². The van der Waals surface area contributed by atoms with Crippen LogP contribution in [-0.2, 0) is 16.6 Å². The van der Waals surface area contributed by atoms with Crippen LogP contribution in [0.15, 0.2) is 64.9 Å². The molecule has 0 aliphatic rings. The van der Waals surface area contributed by atoms with E-state index >= 15 is 0 Å². The largest absolute Gasteiger partial charge is 0.488 e. The number of amides is 1. The van der Waals surface area contributed by atoms with E-state index < -0.39 is 17.1 Å². The summed E-state index contributed by atoms with van der Waals surface area (Å²) in [4.78, 5) is 12.8. The van der Waals surface area contributed by atoms with Crippen LogP contribution in [0.3, 0.4) is 0 Å². The van der Waals surface area contributed by atoms with Crippen molar-refractivity contribution in [1.82, 2.24) is 5.32 Å². The maximum atomic E-state index is 12.6. The van der Waals surface area contributed by atoms with E-state index in [1.54, 1.807) is 30.3 Å². The molecule has 0 unspecified atom stereocenters. The zero-order valence-electron chi connectivity index (χ0n) is 14.9. The molecular weight excluding hydrogens is 435 g/mol. The number of anilines is 1. The van der Waals surface area contributed by atoms with Crippen LogP contribution in [0.5, 0.6) is 0 Å². The highest BCUT2D eigenvalue weighted by molar-refractivity contribution is 7.94. The molecule has 0 aliphatic carbocycles. The molecule has 29 heavy (non-hydrogen) atoms. The topological polar surface area (TPSA) is 116 Å². The fourth-order valence-electron chi connectivity index (χ4n) is 2.44. The molecule has 1 heterocycles. The average molecular weight is 451 g/mol. The van der Waals surface area contributed by atoms with Gasteiger partial charge in [-0.2, -0.15) is 0 Å². The van der Waals surface area contributed by atoms with Gasteiger partial charge in [0.05, 0.1) is 6.54 Å². The molecule has 150 valence electrons. The minimum absolute atomic E-state index is 0.0724. The maximum absolute atomic E-state index is 12.6. The van der Waals surface area contributed by atoms with Crippen LogP contribution in [0.25, 0.3) is 0 Å². The molecular formula is C18H16BClN2O5S2. The first-order valence-electron chi connectivity index (χ1n) is 8.36. The summed E-state index contributed by atoms with van der Waals surface area (Å²) < 4.78 is 27.6. The molecule has 3 aromatic rings. The zero-order valence-corrected chi connectivity index (χ0v) is 17.3. The molecule has 2 aromatic carbocycles. The van der Waals surface area contributed by atoms with E-state index in [1.807, 2.05) is 0 Å². The normalized spacial score (nSPS) is 11.1. The second kappa shape index (κ2) is 8.97. The fourth-order valence-corrected chi connectivity index (χ4v) is 4.91. The minimum Gasteiger partial charge on any atom is -0.423 e. The Kier molecular flexibility index (Phi) is 6.61. The van der Waals surface area contributed by atoms with Gasteiger partial charge in [-0.1, -0.05) is 23.7 Å². The zero-order chi connectivity index (χ0) is 21.0. The number of carbonyl (C=O) groups excluding carboxylic acids is 1. The summed E-state index contributed by atoms with van der Waals surface area (Å²) in [7, 11) is -5.55. The quantitative estimate of drug-likeness (QED) is 0.410. The number of carbonyl (C=O) groups is 1. The number of halogens is 1. The fraction of sp³-hybridized carbons (Fsp3) is 0.0556. The van der Waals surface area contributed by atoms with Gasteiger partial charge < -0.3 is 15.4 Å². The third-order valence-corrected chi connectivity index (χ3v) is 7.08. The van der Waals surface area contributed by atoms with Gasteiger partial charge in [-0.25, -0.2) is 8.42 Å². The number of sulfonamides is 1. The van der Waals surface area contributed by atoms with E-state index in [0.717, 1.165) is 11.3 Å². The van der Waals surface area contributed by atoms with E-state index in [0.29, 0.717) is 15.5 Å². The lowest BCUT2D eigenvalue weighted by Gasteiger charge is -2.08. The molecule has 3 rings (SSSR count). The highest BCUT2D eigenvalue weighted by atomic mass is 35.5. The van der Waals surface area contributed by atoms with Crippen molar-refractivity contribution in [2.45, 2.75) is 10.8 Å². The van der Waals surface area contributed by atoms with Crippen molar-refractivity contribution in [3.63, 3.8) is 0 Å². The first-order valence-corrected chi connectivity index (χ1v) is 11.0. The summed E-state index contributed by atoms with van der Waals surface area (Å²) in [5.41, 5.74) is 0.829. The first-order chi connectivity index (χ1) is 13.7. The molecule has 0 radical (unpaired) electrons. The van der Waals surface area contributed by atoms with E-state index in [-0.39, 0.29) is 27.8 Å². The monoisotopic (exact) mass is 450 g/mol. The SMILES string of the molecule is O=C(NCc1ccc(S(=O)(=O)Nc2cccc(B(O)O)c2)s1)c1ccc(Cl)cc1. The summed E-state index contributed by atoms with van der Waals surface area (Å²) in [5.74, 6) is -0.294. The van der Waals surface area contributed by atoms with E-state index in [4.69, 9.17) is 11.6 Å². The molecule has 7 nitrogen and oxygen atoms in total. The molecule has 0 spiro atoms. The van der Waals surface area contributed by atoms with Crippen LogP contribution in [0, 0.1) is 0 Å². The van der Waals surface area contributed by atoms with E-state index in [2.05, 4.69) is 10.0 Å². The molecule has 4 N–H and O–H groups in total. The Morgan fingerprint density at radius 2 is 1.79 bits per heavy atom. The Bertz CT molecular complexity index is 1120. The third kappa shape index (κ3) is 5.59. The van der Waals surface area contributed by atoms with Crippen molar-refractivity contribution in [3.8, 4) is 0 Å². The second-order valence-electron chi connectivity index (χ2n) is 6.01. The molecule has 0 saturated heterocycles. The van der Waals surface area contributed by atoms with Gasteiger partial charge in [0.15, 0.2) is 0 Å². The first kappa shape index (κ1) is 21.3. The Balaban J connectivity index is 1.66. The van der Waals surface area contributed by atoms with Crippen molar-refractivity contribution in [2.75, 3.05) is 4.72 Å². The second-order valence-corrected chi connectivity index (χ2v) is 9.53. The van der Waals surface area contributed by atoms with Crippen molar-refractivity contribution in [1.29, 1.82) is 0 Å². The van der Waals surface area contributed by atoms with Gasteiger partial charge in [0.25, 0.3) is 15.9 Å². The molecule has 0 fully saturated rings. The lowest BCUT2D eigenvalue weighted by Crippen LogP contribution is -2.30. The number of benzene rings is 2. The van der Waals surface area contributed by atoms with Crippen molar-refractivity contribution < 1.29 is 23.3 Å². The molecule has 0 saturated carbocycles. The van der Waals surface area contributed by atoms with Gasteiger partial charge in [0.2, 0.25) is 0 Å². The Hall–Kier alpha value is -2.37. The predicted octanol–water partition coefficient (Wildman–Crippen LogP) is 1.81. The number of thiophene rings is 1. The minimum atomic E-state index is -3.85. The van der Waals surface area contributed by atoms with Crippen LogP contribution in [0.2, 0.25) is 5.02 Å². The number of nitrogens with one attached hydrogen (secondary N) is 2. The molecule has 0 atom stereocenters. The van der Waals surface area contributed by atoms with Crippen LogP contribution >= 0.6 is 22.9 Å². The van der Waals surface area contributed by atoms with Crippen LogP contribution in [0.4, 0.5) is 5.69 Å². The van der Waals surface area contributed by atoms with Crippen LogP contribution in [0.1, 0.15) is 15.2 Å². The van der Waals surface area contributed by atoms with Gasteiger partial charge in [0, 0.05) is 21.2 Å². The summed E-state index contributed by atoms with van der Waals surface area (Å²) >= 11 is 6.82. The van der Waals surface area contributed by atoms with E-state index in [1.165, 1.54) is 30.3 Å². The van der Waals surface area contributed by atoms with Gasteiger partial charge in [-0.3, -0.25) is 9.52 Å². The van der Waals surface area contributed by atoms with Crippen LogP contribution in [-0.4, -0.2) is 31.5 Å². The van der Waals surface area contributed by atoms with Crippen molar-refractivity contribution >= 4 is 57.1 Å². The summed E-state index contributed by atoms with van der Waals surface area (Å²) in [6, 6.07) is 15.3. The Labute approximate surface area is 177 Å². The molecule has 11 heteroatoms. The lowest BCUT2D eigenvalue weighted by molar-refractivity contribution is 0.0951. The highest BCUT2D eigenvalue weighted by Gasteiger charge is 2.19. The Morgan fingerprint density at radius 1 is 1.07 bits per heavy atom. The third-order valence-electron chi connectivity index (χ3n) is 3.87. The summed E-state index contributed by atoms with van der Waals surface area (Å²) in [6.45, 7) is 0.174. The lowest BCUT2D eigenvalue weighted by atomic mass is 9.80. The smallest absolute Gasteiger partial charge is 0.423 e. The van der Waals surface area contributed by atoms with Crippen molar-refractivity contribution in [3.05, 3.63) is 76.1 Å². The van der Waals surface area contributed by atoms with Crippen LogP contribution < -0.4 is 15.5 Å². The molecule has 1 amide bonds. The number of hydrogen-bond acceptors (Lipinski definition) is 6. The molecule has 1 aromatic heterocycles. The van der Waals surface area contributed by atoms with Gasteiger partial charge in [0.1, 0.15) is 4.21 Å². The number of hydrogen-bond donors (Lipinski definition) is 4. The average Bonchev–Trinajstić information content (AvgIpc) is 3.16. The maximum Gasteiger partial charge on any atom is 0.488 e. The van der Waals surface area contributed by atoms with Gasteiger partial charge >= 0.3 is 7.12 Å². The van der Waals surface area contributed by atoms with Gasteiger partial charge in [-0.05, 0) is 54.0 Å². The molecule has 0 bridgehead atoms. The number of rotatable bonds is 7. The summed E-state index contributed by atoms with van der Waals surface area (Å²) in [5, 5.41) is 21.7. The Morgan fingerprint density at radius 3 is 2.48 bits per heavy atom. The van der Waals surface area contributed by atoms with E-state index in [9.17, 15) is 23.3 Å². The molecule has 0 aliphatic heterocycles.